The number of aromatic nitrogens is 1. The van der Waals surface area contributed by atoms with Crippen molar-refractivity contribution < 1.29 is 23.1 Å². The van der Waals surface area contributed by atoms with E-state index in [1.54, 1.807) is 28.0 Å². The molecule has 1 saturated heterocycles. The van der Waals surface area contributed by atoms with Crippen LogP contribution in [0, 0.1) is 0 Å². The van der Waals surface area contributed by atoms with E-state index in [4.69, 9.17) is 0 Å². The van der Waals surface area contributed by atoms with Gasteiger partial charge in [0.2, 0.25) is 17.7 Å². The normalized spacial score (nSPS) is 16.9. The molecule has 0 bridgehead atoms. The first-order valence-electron chi connectivity index (χ1n) is 10.4. The van der Waals surface area contributed by atoms with Crippen molar-refractivity contribution in [2.24, 2.45) is 0 Å². The summed E-state index contributed by atoms with van der Waals surface area (Å²) in [5.41, 5.74) is 0. The smallest absolute Gasteiger partial charge is 0.388 e. The van der Waals surface area contributed by atoms with E-state index in [2.05, 4.69) is 20.6 Å². The van der Waals surface area contributed by atoms with Crippen molar-refractivity contribution in [2.45, 2.75) is 30.4 Å². The highest BCUT2D eigenvalue weighted by Crippen LogP contribution is 2.34. The molecule has 0 atom stereocenters. The summed E-state index contributed by atoms with van der Waals surface area (Å²) in [6.45, 7) is 3.09. The molecular weight excluding hydrogens is 438 g/mol. The first-order valence-corrected chi connectivity index (χ1v) is 11.2. The lowest BCUT2D eigenvalue weighted by Gasteiger charge is -2.35. The number of nitrogens with zero attached hydrogens (tertiary/aromatic N) is 4. The number of pyridine rings is 1. The van der Waals surface area contributed by atoms with Crippen molar-refractivity contribution in [1.82, 2.24) is 19.1 Å². The van der Waals surface area contributed by atoms with Gasteiger partial charge in [-0.15, -0.1) is 0 Å². The fraction of sp³-hybridized carbons (Fsp3) is 0.409. The van der Waals surface area contributed by atoms with Crippen LogP contribution in [0.5, 0.6) is 5.88 Å². The van der Waals surface area contributed by atoms with Crippen LogP contribution < -0.4 is 4.74 Å². The van der Waals surface area contributed by atoms with Gasteiger partial charge < -0.3 is 14.5 Å². The van der Waals surface area contributed by atoms with Crippen molar-refractivity contribution >= 4 is 34.5 Å². The van der Waals surface area contributed by atoms with Crippen molar-refractivity contribution in [2.75, 3.05) is 32.7 Å². The molecule has 2 aromatic rings. The molecule has 2 fully saturated rings. The van der Waals surface area contributed by atoms with Gasteiger partial charge in [-0.2, -0.15) is 8.78 Å². The van der Waals surface area contributed by atoms with Gasteiger partial charge in [-0.25, -0.2) is 9.29 Å². The quantitative estimate of drug-likeness (QED) is 0.444. The molecule has 4 rings (SSSR count). The lowest BCUT2D eigenvalue weighted by Crippen LogP contribution is -2.50. The lowest BCUT2D eigenvalue weighted by atomic mass is 10.2. The average molecular weight is 463 g/mol. The highest BCUT2D eigenvalue weighted by molar-refractivity contribution is 7.97. The number of amides is 2. The van der Waals surface area contributed by atoms with E-state index < -0.39 is 6.61 Å². The Morgan fingerprint density at radius 3 is 2.62 bits per heavy atom. The molecule has 7 nitrogen and oxygen atoms in total. The van der Waals surface area contributed by atoms with Gasteiger partial charge in [0.1, 0.15) is 6.54 Å². The molecule has 1 aliphatic heterocycles. The molecule has 170 valence electrons. The van der Waals surface area contributed by atoms with E-state index in [0.29, 0.717) is 31.6 Å². The molecule has 2 amide bonds. The highest BCUT2D eigenvalue weighted by Gasteiger charge is 2.34. The third kappa shape index (κ3) is 5.18. The maximum absolute atomic E-state index is 12.7. The Kier molecular flexibility index (Phi) is 6.90. The summed E-state index contributed by atoms with van der Waals surface area (Å²) < 4.78 is 32.0. The largest absolute Gasteiger partial charge is 0.416 e. The van der Waals surface area contributed by atoms with Crippen LogP contribution in [0.25, 0.3) is 10.8 Å². The van der Waals surface area contributed by atoms with Crippen molar-refractivity contribution in [3.05, 3.63) is 43.1 Å². The van der Waals surface area contributed by atoms with E-state index in [9.17, 15) is 18.4 Å². The van der Waals surface area contributed by atoms with Crippen molar-refractivity contribution in [3.63, 3.8) is 0 Å². The molecule has 10 heteroatoms. The van der Waals surface area contributed by atoms with Crippen molar-refractivity contribution in [3.8, 4) is 5.88 Å². The van der Waals surface area contributed by atoms with Gasteiger partial charge in [-0.3, -0.25) is 9.59 Å². The maximum Gasteiger partial charge on any atom is 0.388 e. The summed E-state index contributed by atoms with van der Waals surface area (Å²) in [5, 5.41) is 1.31. The van der Waals surface area contributed by atoms with Gasteiger partial charge in [0.25, 0.3) is 0 Å². The van der Waals surface area contributed by atoms with Gasteiger partial charge in [0.05, 0.1) is 0 Å². The number of halogens is 2. The molecule has 0 unspecified atom stereocenters. The van der Waals surface area contributed by atoms with Gasteiger partial charge >= 0.3 is 6.61 Å². The minimum absolute atomic E-state index is 0.0539. The minimum atomic E-state index is -2.94. The number of ether oxygens (including phenoxy) is 1. The number of rotatable bonds is 8. The first kappa shape index (κ1) is 22.5. The molecule has 0 radical (unpaired) electrons. The zero-order chi connectivity index (χ0) is 22.7. The second kappa shape index (κ2) is 9.83. The molecule has 0 spiro atoms. The molecule has 0 N–H and O–H groups in total. The van der Waals surface area contributed by atoms with Crippen LogP contribution in [0.1, 0.15) is 12.8 Å². The van der Waals surface area contributed by atoms with E-state index in [0.717, 1.165) is 23.1 Å². The number of benzene rings is 1. The Bertz CT molecular complexity index is 1010. The van der Waals surface area contributed by atoms with E-state index in [1.165, 1.54) is 24.2 Å². The molecular formula is C22H24F2N4O3S. The number of alkyl halides is 2. The minimum Gasteiger partial charge on any atom is -0.416 e. The second-order valence-electron chi connectivity index (χ2n) is 7.65. The van der Waals surface area contributed by atoms with Gasteiger partial charge in [-0.1, -0.05) is 12.6 Å². The van der Waals surface area contributed by atoms with Gasteiger partial charge in [0, 0.05) is 54.1 Å². The van der Waals surface area contributed by atoms with Crippen LogP contribution in [0.3, 0.4) is 0 Å². The van der Waals surface area contributed by atoms with Crippen LogP contribution >= 0.6 is 11.9 Å². The Labute approximate surface area is 189 Å². The third-order valence-electron chi connectivity index (χ3n) is 5.50. The predicted octanol–water partition coefficient (Wildman–Crippen LogP) is 3.16. The number of carbonyl (C=O) groups is 2. The SMILES string of the molecule is C=CC(=O)N(CC(=O)N1CCN(Sc2cccc3c(OC(F)F)nccc23)CC1)C1CC1. The summed E-state index contributed by atoms with van der Waals surface area (Å²) in [5.74, 6) is -0.345. The predicted molar refractivity (Wildman–Crippen MR) is 117 cm³/mol. The standard InChI is InChI=1S/C22H24F2N4O3S/c1-2-19(29)28(15-6-7-15)14-20(30)26-10-12-27(13-11-26)32-18-5-3-4-17-16(18)8-9-25-21(17)31-22(23)24/h2-5,8-9,15,22H,1,6-7,10-14H2. The van der Waals surface area contributed by atoms with E-state index in [1.807, 2.05) is 6.07 Å². The fourth-order valence-electron chi connectivity index (χ4n) is 3.71. The van der Waals surface area contributed by atoms with E-state index in [-0.39, 0.29) is 30.3 Å². The van der Waals surface area contributed by atoms with Crippen LogP contribution in [0.4, 0.5) is 8.78 Å². The monoisotopic (exact) mass is 462 g/mol. The Morgan fingerprint density at radius 2 is 1.97 bits per heavy atom. The number of carbonyl (C=O) groups excluding carboxylic acids is 2. The fourth-order valence-corrected chi connectivity index (χ4v) is 4.75. The molecule has 2 heterocycles. The average Bonchev–Trinajstić information content (AvgIpc) is 3.63. The molecule has 2 aliphatic rings. The van der Waals surface area contributed by atoms with Crippen molar-refractivity contribution in [1.29, 1.82) is 0 Å². The summed E-state index contributed by atoms with van der Waals surface area (Å²) in [6.07, 6.45) is 4.58. The molecule has 1 saturated carbocycles. The van der Waals surface area contributed by atoms with E-state index >= 15 is 0 Å². The molecule has 1 aromatic carbocycles. The second-order valence-corrected chi connectivity index (χ2v) is 8.79. The van der Waals surface area contributed by atoms with Gasteiger partial charge in [0.15, 0.2) is 0 Å². The Morgan fingerprint density at radius 1 is 1.22 bits per heavy atom. The molecule has 1 aromatic heterocycles. The van der Waals surface area contributed by atoms with Gasteiger partial charge in [-0.05, 0) is 49.1 Å². The maximum atomic E-state index is 12.7. The highest BCUT2D eigenvalue weighted by atomic mass is 32.2. The first-order chi connectivity index (χ1) is 15.5. The number of fused-ring (bicyclic) bond motifs is 1. The number of hydrogen-bond acceptors (Lipinski definition) is 6. The zero-order valence-electron chi connectivity index (χ0n) is 17.5. The topological polar surface area (TPSA) is 66.0 Å². The molecule has 32 heavy (non-hydrogen) atoms. The molecule has 1 aliphatic carbocycles. The number of piperazine rings is 1. The summed E-state index contributed by atoms with van der Waals surface area (Å²) in [7, 11) is 0. The van der Waals surface area contributed by atoms with Crippen LogP contribution in [0.15, 0.2) is 48.0 Å². The Hall–Kier alpha value is -2.72. The summed E-state index contributed by atoms with van der Waals surface area (Å²) in [4.78, 5) is 33.0. The lowest BCUT2D eigenvalue weighted by molar-refractivity contribution is -0.139. The summed E-state index contributed by atoms with van der Waals surface area (Å²) >= 11 is 1.52. The summed E-state index contributed by atoms with van der Waals surface area (Å²) in [6, 6.07) is 7.34. The number of hydrogen-bond donors (Lipinski definition) is 0. The Balaban J connectivity index is 1.37. The van der Waals surface area contributed by atoms with Crippen LogP contribution in [-0.2, 0) is 9.59 Å². The van der Waals surface area contributed by atoms with Crippen LogP contribution in [0.2, 0.25) is 0 Å². The third-order valence-corrected chi connectivity index (χ3v) is 6.68. The zero-order valence-corrected chi connectivity index (χ0v) is 18.3. The van der Waals surface area contributed by atoms with Crippen LogP contribution in [-0.4, -0.2) is 76.3 Å².